The summed E-state index contributed by atoms with van der Waals surface area (Å²) in [5.41, 5.74) is 1.92. The topological polar surface area (TPSA) is 34.4 Å². The van der Waals surface area contributed by atoms with Crippen LogP contribution in [0, 0.1) is 0 Å². The van der Waals surface area contributed by atoms with Gasteiger partial charge in [-0.25, -0.2) is 0 Å². The van der Waals surface area contributed by atoms with Crippen LogP contribution in [0.1, 0.15) is 17.4 Å². The van der Waals surface area contributed by atoms with Crippen LogP contribution in [0.3, 0.4) is 0 Å². The van der Waals surface area contributed by atoms with E-state index in [1.807, 2.05) is 49.5 Å². The van der Waals surface area contributed by atoms with Gasteiger partial charge in [0.15, 0.2) is 0 Å². The summed E-state index contributed by atoms with van der Waals surface area (Å²) < 4.78 is 11.2. The normalized spacial score (nSPS) is 12.5. The highest BCUT2D eigenvalue weighted by atomic mass is 35.5. The maximum absolute atomic E-state index is 6.09. The van der Waals surface area contributed by atoms with Gasteiger partial charge in [0, 0.05) is 5.39 Å². The Bertz CT molecular complexity index is 733. The van der Waals surface area contributed by atoms with E-state index in [9.17, 15) is 0 Å². The number of halogens is 1. The third-order valence-corrected chi connectivity index (χ3v) is 3.84. The van der Waals surface area contributed by atoms with Crippen LogP contribution in [0.25, 0.3) is 11.0 Å². The van der Waals surface area contributed by atoms with Gasteiger partial charge in [0.1, 0.15) is 17.1 Å². The molecule has 2 aromatic carbocycles. The number of ether oxygens (including phenoxy) is 1. The van der Waals surface area contributed by atoms with E-state index in [0.717, 1.165) is 22.3 Å². The Morgan fingerprint density at radius 1 is 1.14 bits per heavy atom. The van der Waals surface area contributed by atoms with E-state index in [1.165, 1.54) is 0 Å². The molecule has 21 heavy (non-hydrogen) atoms. The zero-order chi connectivity index (χ0) is 14.8. The predicted octanol–water partition coefficient (Wildman–Crippen LogP) is 4.40. The minimum atomic E-state index is -0.0523. The molecule has 3 aromatic rings. The quantitative estimate of drug-likeness (QED) is 0.775. The molecule has 0 radical (unpaired) electrons. The first-order valence-corrected chi connectivity index (χ1v) is 7.10. The molecule has 0 aliphatic heterocycles. The van der Waals surface area contributed by atoms with Crippen molar-refractivity contribution < 1.29 is 9.15 Å². The Balaban J connectivity index is 2.05. The average molecular weight is 302 g/mol. The van der Waals surface area contributed by atoms with Crippen LogP contribution >= 0.6 is 11.6 Å². The van der Waals surface area contributed by atoms with Crippen LogP contribution in [0.4, 0.5) is 0 Å². The molecule has 1 heterocycles. The number of para-hydroxylation sites is 1. The minimum absolute atomic E-state index is 0.0523. The average Bonchev–Trinajstić information content (AvgIpc) is 2.93. The van der Waals surface area contributed by atoms with Crippen LogP contribution < -0.4 is 10.1 Å². The van der Waals surface area contributed by atoms with E-state index >= 15 is 0 Å². The van der Waals surface area contributed by atoms with Crippen LogP contribution in [-0.2, 0) is 0 Å². The predicted molar refractivity (Wildman–Crippen MR) is 85.1 cm³/mol. The van der Waals surface area contributed by atoms with Gasteiger partial charge < -0.3 is 14.5 Å². The number of rotatable bonds is 4. The number of hydrogen-bond donors (Lipinski definition) is 1. The molecule has 1 aromatic heterocycles. The summed E-state index contributed by atoms with van der Waals surface area (Å²) in [5.74, 6) is 1.52. The summed E-state index contributed by atoms with van der Waals surface area (Å²) in [6.45, 7) is 0. The Morgan fingerprint density at radius 3 is 2.67 bits per heavy atom. The fourth-order valence-electron chi connectivity index (χ4n) is 2.47. The third kappa shape index (κ3) is 2.62. The minimum Gasteiger partial charge on any atom is -0.495 e. The molecule has 0 amide bonds. The van der Waals surface area contributed by atoms with E-state index in [4.69, 9.17) is 20.8 Å². The molecule has 0 bridgehead atoms. The summed E-state index contributed by atoms with van der Waals surface area (Å²) in [7, 11) is 3.51. The van der Waals surface area contributed by atoms with Gasteiger partial charge in [0.2, 0.25) is 0 Å². The van der Waals surface area contributed by atoms with Crippen LogP contribution in [-0.4, -0.2) is 14.2 Å². The number of benzene rings is 2. The molecule has 3 nitrogen and oxygen atoms in total. The molecule has 0 aliphatic rings. The first kappa shape index (κ1) is 14.0. The van der Waals surface area contributed by atoms with Crippen molar-refractivity contribution in [3.8, 4) is 5.75 Å². The second kappa shape index (κ2) is 5.80. The van der Waals surface area contributed by atoms with Gasteiger partial charge in [-0.3, -0.25) is 0 Å². The molecule has 0 saturated carbocycles. The number of fused-ring (bicyclic) bond motifs is 1. The number of furan rings is 1. The molecular weight excluding hydrogens is 286 g/mol. The molecule has 1 atom stereocenters. The third-order valence-electron chi connectivity index (χ3n) is 3.53. The summed E-state index contributed by atoms with van der Waals surface area (Å²) in [6.07, 6.45) is 0. The van der Waals surface area contributed by atoms with Crippen molar-refractivity contribution >= 4 is 22.6 Å². The molecule has 3 rings (SSSR count). The van der Waals surface area contributed by atoms with Crippen molar-refractivity contribution in [1.82, 2.24) is 5.32 Å². The largest absolute Gasteiger partial charge is 0.495 e. The lowest BCUT2D eigenvalue weighted by Gasteiger charge is -2.15. The zero-order valence-corrected chi connectivity index (χ0v) is 12.6. The highest BCUT2D eigenvalue weighted by Crippen LogP contribution is 2.32. The van der Waals surface area contributed by atoms with Crippen LogP contribution in [0.15, 0.2) is 52.9 Å². The fraction of sp³-hybridized carbons (Fsp3) is 0.176. The molecule has 0 spiro atoms. The van der Waals surface area contributed by atoms with Gasteiger partial charge in [-0.15, -0.1) is 0 Å². The van der Waals surface area contributed by atoms with Gasteiger partial charge in [-0.05, 0) is 36.9 Å². The van der Waals surface area contributed by atoms with Crippen molar-refractivity contribution in [3.63, 3.8) is 0 Å². The number of nitrogens with one attached hydrogen (secondary N) is 1. The molecule has 0 saturated heterocycles. The second-order valence-electron chi connectivity index (χ2n) is 4.80. The highest BCUT2D eigenvalue weighted by Gasteiger charge is 2.18. The lowest BCUT2D eigenvalue weighted by molar-refractivity contribution is 0.413. The van der Waals surface area contributed by atoms with Gasteiger partial charge in [0.05, 0.1) is 18.2 Å². The first-order chi connectivity index (χ1) is 10.2. The molecule has 0 fully saturated rings. The molecule has 4 heteroatoms. The van der Waals surface area contributed by atoms with E-state index in [0.29, 0.717) is 10.8 Å². The lowest BCUT2D eigenvalue weighted by Crippen LogP contribution is -2.17. The Kier molecular flexibility index (Phi) is 3.86. The van der Waals surface area contributed by atoms with Gasteiger partial charge >= 0.3 is 0 Å². The summed E-state index contributed by atoms with van der Waals surface area (Å²) in [4.78, 5) is 0. The van der Waals surface area contributed by atoms with E-state index < -0.39 is 0 Å². The Morgan fingerprint density at radius 2 is 1.95 bits per heavy atom. The van der Waals surface area contributed by atoms with Crippen molar-refractivity contribution in [1.29, 1.82) is 0 Å². The van der Waals surface area contributed by atoms with Crippen molar-refractivity contribution in [2.75, 3.05) is 14.2 Å². The molecule has 1 N–H and O–H groups in total. The maximum atomic E-state index is 6.09. The summed E-state index contributed by atoms with van der Waals surface area (Å²) in [5, 5.41) is 4.96. The van der Waals surface area contributed by atoms with Gasteiger partial charge in [0.25, 0.3) is 0 Å². The molecular formula is C17H16ClNO2. The second-order valence-corrected chi connectivity index (χ2v) is 5.21. The van der Waals surface area contributed by atoms with Gasteiger partial charge in [-0.2, -0.15) is 0 Å². The monoisotopic (exact) mass is 301 g/mol. The van der Waals surface area contributed by atoms with Crippen molar-refractivity contribution in [3.05, 3.63) is 64.9 Å². The van der Waals surface area contributed by atoms with E-state index in [-0.39, 0.29) is 6.04 Å². The maximum Gasteiger partial charge on any atom is 0.137 e. The van der Waals surface area contributed by atoms with Crippen LogP contribution in [0.2, 0.25) is 5.02 Å². The summed E-state index contributed by atoms with van der Waals surface area (Å²) >= 11 is 6.09. The Labute approximate surface area is 128 Å². The highest BCUT2D eigenvalue weighted by molar-refractivity contribution is 6.32. The molecule has 108 valence electrons. The first-order valence-electron chi connectivity index (χ1n) is 6.72. The van der Waals surface area contributed by atoms with Gasteiger partial charge in [-0.1, -0.05) is 35.9 Å². The van der Waals surface area contributed by atoms with Crippen molar-refractivity contribution in [2.45, 2.75) is 6.04 Å². The molecule has 0 aliphatic carbocycles. The van der Waals surface area contributed by atoms with E-state index in [1.54, 1.807) is 7.11 Å². The molecule has 1 unspecified atom stereocenters. The SMILES string of the molecule is CNC(c1ccc(Cl)c(OC)c1)c1cc2ccccc2o1. The number of hydrogen-bond acceptors (Lipinski definition) is 3. The standard InChI is InChI=1S/C17H16ClNO2/c1-19-17(12-7-8-13(18)15(10-12)20-2)16-9-11-5-3-4-6-14(11)21-16/h3-10,17,19H,1-2H3. The fourth-order valence-corrected chi connectivity index (χ4v) is 2.67. The Hall–Kier alpha value is -1.97. The lowest BCUT2D eigenvalue weighted by atomic mass is 10.0. The zero-order valence-electron chi connectivity index (χ0n) is 11.9. The summed E-state index contributed by atoms with van der Waals surface area (Å²) in [6, 6.07) is 15.7. The van der Waals surface area contributed by atoms with Crippen LogP contribution in [0.5, 0.6) is 5.75 Å². The number of methoxy groups -OCH3 is 1. The van der Waals surface area contributed by atoms with E-state index in [2.05, 4.69) is 11.4 Å². The smallest absolute Gasteiger partial charge is 0.137 e. The van der Waals surface area contributed by atoms with Crippen molar-refractivity contribution in [2.24, 2.45) is 0 Å².